The van der Waals surface area contributed by atoms with Crippen molar-refractivity contribution in [3.05, 3.63) is 34.9 Å². The maximum atomic E-state index is 5.91. The van der Waals surface area contributed by atoms with Gasteiger partial charge < -0.3 is 0 Å². The Bertz CT molecular complexity index is 426. The van der Waals surface area contributed by atoms with Gasteiger partial charge in [-0.25, -0.2) is 0 Å². The van der Waals surface area contributed by atoms with Gasteiger partial charge in [-0.05, 0) is 30.9 Å². The lowest BCUT2D eigenvalue weighted by Crippen LogP contribution is -2.30. The molecule has 1 nitrogen and oxygen atoms in total. The van der Waals surface area contributed by atoms with Crippen LogP contribution in [0, 0.1) is 5.92 Å². The maximum Gasteiger partial charge on any atom is 0.0980 e. The smallest absolute Gasteiger partial charge is 0.0980 e. The summed E-state index contributed by atoms with van der Waals surface area (Å²) in [6, 6.07) is 8.64. The second-order valence-corrected chi connectivity index (χ2v) is 6.31. The molecule has 1 aliphatic heterocycles. The molecule has 2 aliphatic rings. The molecule has 0 unspecified atom stereocenters. The number of hydrogen-bond acceptors (Lipinski definition) is 2. The van der Waals surface area contributed by atoms with Gasteiger partial charge in [-0.3, -0.25) is 4.99 Å². The number of fused-ring (bicyclic) bond motifs is 1. The SMILES string of the molecule is Clc1ccc(C2=N[C@@H]3CCCC[C@H]3CS2)cc1. The molecular formula is C14H16ClNS. The Morgan fingerprint density at radius 2 is 1.88 bits per heavy atom. The number of benzene rings is 1. The van der Waals surface area contributed by atoms with Crippen LogP contribution in [0.2, 0.25) is 5.02 Å². The Morgan fingerprint density at radius 1 is 1.12 bits per heavy atom. The molecule has 0 spiro atoms. The van der Waals surface area contributed by atoms with Crippen LogP contribution < -0.4 is 0 Å². The van der Waals surface area contributed by atoms with E-state index in [4.69, 9.17) is 16.6 Å². The molecule has 1 aromatic rings. The number of halogens is 1. The number of aliphatic imine (C=N–C) groups is 1. The summed E-state index contributed by atoms with van der Waals surface area (Å²) in [5.41, 5.74) is 1.23. The highest BCUT2D eigenvalue weighted by Gasteiger charge is 2.29. The lowest BCUT2D eigenvalue weighted by Gasteiger charge is -2.32. The number of rotatable bonds is 1. The van der Waals surface area contributed by atoms with E-state index in [1.807, 2.05) is 23.9 Å². The molecule has 0 amide bonds. The summed E-state index contributed by atoms with van der Waals surface area (Å²) in [6.07, 6.45) is 5.40. The van der Waals surface area contributed by atoms with Crippen LogP contribution in [0.5, 0.6) is 0 Å². The van der Waals surface area contributed by atoms with Crippen molar-refractivity contribution < 1.29 is 0 Å². The molecule has 0 saturated heterocycles. The van der Waals surface area contributed by atoms with Crippen molar-refractivity contribution in [2.75, 3.05) is 5.75 Å². The molecular weight excluding hydrogens is 250 g/mol. The predicted octanol–water partition coefficient (Wildman–Crippen LogP) is 4.39. The van der Waals surface area contributed by atoms with Gasteiger partial charge in [-0.2, -0.15) is 0 Å². The van der Waals surface area contributed by atoms with Crippen LogP contribution in [0.4, 0.5) is 0 Å². The van der Waals surface area contributed by atoms with Crippen LogP contribution in [0.3, 0.4) is 0 Å². The number of hydrogen-bond donors (Lipinski definition) is 0. The molecule has 0 bridgehead atoms. The topological polar surface area (TPSA) is 12.4 Å². The first kappa shape index (κ1) is 11.6. The summed E-state index contributed by atoms with van der Waals surface area (Å²) in [7, 11) is 0. The van der Waals surface area contributed by atoms with E-state index in [0.717, 1.165) is 10.9 Å². The van der Waals surface area contributed by atoms with E-state index in [2.05, 4.69) is 12.1 Å². The lowest BCUT2D eigenvalue weighted by atomic mass is 9.86. The number of nitrogens with zero attached hydrogens (tertiary/aromatic N) is 1. The van der Waals surface area contributed by atoms with Gasteiger partial charge >= 0.3 is 0 Å². The zero-order valence-corrected chi connectivity index (χ0v) is 11.3. The van der Waals surface area contributed by atoms with Crippen molar-refractivity contribution in [2.45, 2.75) is 31.7 Å². The first-order valence-electron chi connectivity index (χ1n) is 6.29. The monoisotopic (exact) mass is 265 g/mol. The molecule has 90 valence electrons. The normalized spacial score (nSPS) is 28.4. The number of thioether (sulfide) groups is 1. The lowest BCUT2D eigenvalue weighted by molar-refractivity contribution is 0.336. The first-order chi connectivity index (χ1) is 8.33. The van der Waals surface area contributed by atoms with Gasteiger partial charge in [-0.1, -0.05) is 36.6 Å². The summed E-state index contributed by atoms with van der Waals surface area (Å²) in [5.74, 6) is 2.07. The molecule has 1 aromatic carbocycles. The third-order valence-corrected chi connectivity index (χ3v) is 5.14. The van der Waals surface area contributed by atoms with Crippen molar-refractivity contribution in [3.63, 3.8) is 0 Å². The molecule has 2 atom stereocenters. The van der Waals surface area contributed by atoms with Crippen molar-refractivity contribution >= 4 is 28.4 Å². The highest BCUT2D eigenvalue weighted by Crippen LogP contribution is 2.35. The molecule has 1 fully saturated rings. The van der Waals surface area contributed by atoms with Gasteiger partial charge in [0.1, 0.15) is 0 Å². The summed E-state index contributed by atoms with van der Waals surface area (Å²) in [4.78, 5) is 4.94. The molecule has 3 heteroatoms. The quantitative estimate of drug-likeness (QED) is 0.733. The molecule has 0 N–H and O–H groups in total. The average Bonchev–Trinajstić information content (AvgIpc) is 2.39. The average molecular weight is 266 g/mol. The van der Waals surface area contributed by atoms with E-state index in [9.17, 15) is 0 Å². The van der Waals surface area contributed by atoms with Crippen LogP contribution >= 0.6 is 23.4 Å². The third-order valence-electron chi connectivity index (χ3n) is 3.68. The Hall–Kier alpha value is -0.470. The highest BCUT2D eigenvalue weighted by atomic mass is 35.5. The third kappa shape index (κ3) is 2.53. The van der Waals surface area contributed by atoms with E-state index < -0.39 is 0 Å². The molecule has 1 saturated carbocycles. The summed E-state index contributed by atoms with van der Waals surface area (Å²) >= 11 is 7.83. The van der Waals surface area contributed by atoms with Gasteiger partial charge in [0.2, 0.25) is 0 Å². The van der Waals surface area contributed by atoms with E-state index >= 15 is 0 Å². The minimum absolute atomic E-state index is 0.579. The Labute approximate surface area is 112 Å². The highest BCUT2D eigenvalue weighted by molar-refractivity contribution is 8.14. The molecule has 0 aromatic heterocycles. The van der Waals surface area contributed by atoms with E-state index in [1.165, 1.54) is 42.0 Å². The van der Waals surface area contributed by atoms with E-state index in [-0.39, 0.29) is 0 Å². The predicted molar refractivity (Wildman–Crippen MR) is 76.2 cm³/mol. The van der Waals surface area contributed by atoms with Crippen molar-refractivity contribution in [1.29, 1.82) is 0 Å². The second kappa shape index (κ2) is 5.03. The van der Waals surface area contributed by atoms with Crippen molar-refractivity contribution in [2.24, 2.45) is 10.9 Å². The molecule has 1 aliphatic carbocycles. The van der Waals surface area contributed by atoms with Gasteiger partial charge in [0.25, 0.3) is 0 Å². The van der Waals surface area contributed by atoms with Gasteiger partial charge in [0.15, 0.2) is 0 Å². The minimum atomic E-state index is 0.579. The maximum absolute atomic E-state index is 5.91. The molecule has 1 heterocycles. The van der Waals surface area contributed by atoms with E-state index in [0.29, 0.717) is 6.04 Å². The Balaban J connectivity index is 1.84. The first-order valence-corrected chi connectivity index (χ1v) is 7.66. The van der Waals surface area contributed by atoms with Gasteiger partial charge in [0, 0.05) is 16.3 Å². The molecule has 17 heavy (non-hydrogen) atoms. The molecule has 3 rings (SSSR count). The largest absolute Gasteiger partial charge is 0.274 e. The minimum Gasteiger partial charge on any atom is -0.274 e. The van der Waals surface area contributed by atoms with Crippen LogP contribution in [-0.2, 0) is 0 Å². The van der Waals surface area contributed by atoms with Crippen molar-refractivity contribution in [1.82, 2.24) is 0 Å². The summed E-state index contributed by atoms with van der Waals surface area (Å²) in [5, 5.41) is 2.01. The Morgan fingerprint density at radius 3 is 2.71 bits per heavy atom. The standard InChI is InChI=1S/C14H16ClNS/c15-12-7-5-10(6-8-12)14-16-13-4-2-1-3-11(13)9-17-14/h5-8,11,13H,1-4,9H2/t11-,13+/m0/s1. The fourth-order valence-corrected chi connectivity index (χ4v) is 4.08. The van der Waals surface area contributed by atoms with Gasteiger partial charge in [-0.15, -0.1) is 11.8 Å². The summed E-state index contributed by atoms with van der Waals surface area (Å²) in [6.45, 7) is 0. The fraction of sp³-hybridized carbons (Fsp3) is 0.500. The Kier molecular flexibility index (Phi) is 3.44. The van der Waals surface area contributed by atoms with Crippen LogP contribution in [0.15, 0.2) is 29.3 Å². The van der Waals surface area contributed by atoms with Crippen LogP contribution in [0.1, 0.15) is 31.2 Å². The second-order valence-electron chi connectivity index (χ2n) is 4.86. The van der Waals surface area contributed by atoms with Gasteiger partial charge in [0.05, 0.1) is 11.1 Å². The van der Waals surface area contributed by atoms with Crippen molar-refractivity contribution in [3.8, 4) is 0 Å². The van der Waals surface area contributed by atoms with Crippen LogP contribution in [0.25, 0.3) is 0 Å². The van der Waals surface area contributed by atoms with Crippen LogP contribution in [-0.4, -0.2) is 16.8 Å². The summed E-state index contributed by atoms with van der Waals surface area (Å²) < 4.78 is 0. The van der Waals surface area contributed by atoms with E-state index in [1.54, 1.807) is 0 Å². The zero-order chi connectivity index (χ0) is 11.7. The molecule has 0 radical (unpaired) electrons. The zero-order valence-electron chi connectivity index (χ0n) is 9.73. The fourth-order valence-electron chi connectivity index (χ4n) is 2.68.